The minimum absolute atomic E-state index is 0.0190. The first-order chi connectivity index (χ1) is 12.4. The van der Waals surface area contributed by atoms with Gasteiger partial charge in [-0.05, 0) is 51.0 Å². The summed E-state index contributed by atoms with van der Waals surface area (Å²) in [6.45, 7) is 12.9. The van der Waals surface area contributed by atoms with E-state index in [1.54, 1.807) is 0 Å². The molecule has 152 valence electrons. The Labute approximate surface area is 164 Å². The molecule has 0 saturated carbocycles. The summed E-state index contributed by atoms with van der Waals surface area (Å²) in [5, 5.41) is 5.98. The third-order valence-electron chi connectivity index (χ3n) is 3.98. The SMILES string of the molecule is CCCN(Cc1cc(NC(=O)C(C)C)ccc1N(C)C)C(=O)NC(C)(C)C. The monoisotopic (exact) mass is 376 g/mol. The zero-order chi connectivity index (χ0) is 20.8. The number of hydrogen-bond donors (Lipinski definition) is 2. The molecule has 3 amide bonds. The minimum atomic E-state index is -0.291. The van der Waals surface area contributed by atoms with Crippen LogP contribution in [0.3, 0.4) is 0 Å². The zero-order valence-corrected chi connectivity index (χ0v) is 18.1. The summed E-state index contributed by atoms with van der Waals surface area (Å²) in [6.07, 6.45) is 0.874. The molecule has 0 heterocycles. The van der Waals surface area contributed by atoms with Crippen LogP contribution in [0.15, 0.2) is 18.2 Å². The molecule has 0 aliphatic rings. The molecule has 27 heavy (non-hydrogen) atoms. The van der Waals surface area contributed by atoms with Crippen molar-refractivity contribution in [1.29, 1.82) is 0 Å². The molecule has 0 spiro atoms. The van der Waals surface area contributed by atoms with Crippen molar-refractivity contribution in [3.8, 4) is 0 Å². The van der Waals surface area contributed by atoms with Crippen LogP contribution in [0.5, 0.6) is 0 Å². The predicted octanol–water partition coefficient (Wildman–Crippen LogP) is 4.07. The second-order valence-electron chi connectivity index (χ2n) is 8.48. The Hall–Kier alpha value is -2.24. The molecule has 1 aromatic rings. The molecule has 0 unspecified atom stereocenters. The Bertz CT molecular complexity index is 648. The van der Waals surface area contributed by atoms with E-state index in [1.165, 1.54) is 0 Å². The van der Waals surface area contributed by atoms with Crippen LogP contribution < -0.4 is 15.5 Å². The normalized spacial score (nSPS) is 11.3. The van der Waals surface area contributed by atoms with Gasteiger partial charge in [0.1, 0.15) is 0 Å². The Balaban J connectivity index is 3.14. The second kappa shape index (κ2) is 9.62. The molecule has 6 nitrogen and oxygen atoms in total. The van der Waals surface area contributed by atoms with Crippen LogP contribution in [-0.4, -0.2) is 43.0 Å². The fourth-order valence-electron chi connectivity index (χ4n) is 2.64. The lowest BCUT2D eigenvalue weighted by atomic mass is 10.1. The first kappa shape index (κ1) is 22.8. The van der Waals surface area contributed by atoms with Gasteiger partial charge >= 0.3 is 6.03 Å². The van der Waals surface area contributed by atoms with E-state index in [2.05, 4.69) is 17.6 Å². The largest absolute Gasteiger partial charge is 0.377 e. The van der Waals surface area contributed by atoms with Gasteiger partial charge in [0.15, 0.2) is 0 Å². The smallest absolute Gasteiger partial charge is 0.318 e. The number of nitrogens with zero attached hydrogens (tertiary/aromatic N) is 2. The lowest BCUT2D eigenvalue weighted by molar-refractivity contribution is -0.118. The zero-order valence-electron chi connectivity index (χ0n) is 18.1. The van der Waals surface area contributed by atoms with E-state index in [-0.39, 0.29) is 23.4 Å². The highest BCUT2D eigenvalue weighted by molar-refractivity contribution is 5.92. The fraction of sp³-hybridized carbons (Fsp3) is 0.619. The van der Waals surface area contributed by atoms with E-state index in [9.17, 15) is 9.59 Å². The van der Waals surface area contributed by atoms with E-state index < -0.39 is 0 Å². The van der Waals surface area contributed by atoms with Crippen LogP contribution in [0.2, 0.25) is 0 Å². The average molecular weight is 377 g/mol. The number of benzene rings is 1. The van der Waals surface area contributed by atoms with Crippen LogP contribution in [0.1, 0.15) is 53.5 Å². The van der Waals surface area contributed by atoms with E-state index in [0.29, 0.717) is 13.1 Å². The summed E-state index contributed by atoms with van der Waals surface area (Å²) in [5.74, 6) is -0.106. The maximum atomic E-state index is 12.7. The van der Waals surface area contributed by atoms with Gasteiger partial charge in [0.05, 0.1) is 0 Å². The number of anilines is 2. The number of carbonyl (C=O) groups excluding carboxylic acids is 2. The number of carbonyl (C=O) groups is 2. The highest BCUT2D eigenvalue weighted by Gasteiger charge is 2.21. The van der Waals surface area contributed by atoms with Crippen molar-refractivity contribution < 1.29 is 9.59 Å². The molecule has 0 bridgehead atoms. The van der Waals surface area contributed by atoms with Crippen molar-refractivity contribution in [3.05, 3.63) is 23.8 Å². The predicted molar refractivity (Wildman–Crippen MR) is 113 cm³/mol. The first-order valence-corrected chi connectivity index (χ1v) is 9.62. The second-order valence-corrected chi connectivity index (χ2v) is 8.48. The van der Waals surface area contributed by atoms with Gasteiger partial charge in [-0.15, -0.1) is 0 Å². The third-order valence-corrected chi connectivity index (χ3v) is 3.98. The van der Waals surface area contributed by atoms with Crippen LogP contribution in [0.4, 0.5) is 16.2 Å². The van der Waals surface area contributed by atoms with E-state index in [1.807, 2.05) is 76.7 Å². The summed E-state index contributed by atoms with van der Waals surface area (Å²) in [6, 6.07) is 5.77. The molecule has 0 atom stereocenters. The number of amides is 3. The van der Waals surface area contributed by atoms with Crippen molar-refractivity contribution in [3.63, 3.8) is 0 Å². The maximum absolute atomic E-state index is 12.7. The van der Waals surface area contributed by atoms with Gasteiger partial charge in [-0.25, -0.2) is 4.79 Å². The highest BCUT2D eigenvalue weighted by Crippen LogP contribution is 2.25. The molecule has 0 aromatic heterocycles. The van der Waals surface area contributed by atoms with Crippen molar-refractivity contribution in [1.82, 2.24) is 10.2 Å². The molecular formula is C21H36N4O2. The van der Waals surface area contributed by atoms with Gasteiger partial charge in [0, 0.05) is 50.0 Å². The molecule has 6 heteroatoms. The van der Waals surface area contributed by atoms with Crippen LogP contribution >= 0.6 is 0 Å². The van der Waals surface area contributed by atoms with Gasteiger partial charge in [-0.1, -0.05) is 20.8 Å². The van der Waals surface area contributed by atoms with Crippen molar-refractivity contribution in [2.45, 2.75) is 60.0 Å². The topological polar surface area (TPSA) is 64.7 Å². The maximum Gasteiger partial charge on any atom is 0.318 e. The van der Waals surface area contributed by atoms with Gasteiger partial charge in [-0.2, -0.15) is 0 Å². The summed E-state index contributed by atoms with van der Waals surface area (Å²) in [7, 11) is 3.95. The van der Waals surface area contributed by atoms with Gasteiger partial charge < -0.3 is 20.4 Å². The lowest BCUT2D eigenvalue weighted by Gasteiger charge is -2.30. The summed E-state index contributed by atoms with van der Waals surface area (Å²) in [5.41, 5.74) is 2.49. The molecule has 0 fully saturated rings. The quantitative estimate of drug-likeness (QED) is 0.754. The summed E-state index contributed by atoms with van der Waals surface area (Å²) < 4.78 is 0. The molecule has 1 aromatic carbocycles. The third kappa shape index (κ3) is 7.49. The molecule has 0 aliphatic carbocycles. The van der Waals surface area contributed by atoms with Gasteiger partial charge in [0.25, 0.3) is 0 Å². The lowest BCUT2D eigenvalue weighted by Crippen LogP contribution is -2.48. The van der Waals surface area contributed by atoms with Crippen molar-refractivity contribution in [2.75, 3.05) is 30.9 Å². The van der Waals surface area contributed by atoms with Crippen molar-refractivity contribution >= 4 is 23.3 Å². The van der Waals surface area contributed by atoms with Gasteiger partial charge in [-0.3, -0.25) is 4.79 Å². The molecule has 0 saturated heterocycles. The standard InChI is InChI=1S/C21H36N4O2/c1-9-12-25(20(27)23-21(4,5)6)14-16-13-17(22-19(26)15(2)3)10-11-18(16)24(7)8/h10-11,13,15H,9,12,14H2,1-8H3,(H,22,26)(H,23,27). The van der Waals surface area contributed by atoms with Gasteiger partial charge in [0.2, 0.25) is 5.91 Å². The highest BCUT2D eigenvalue weighted by atomic mass is 16.2. The minimum Gasteiger partial charge on any atom is -0.377 e. The summed E-state index contributed by atoms with van der Waals surface area (Å²) >= 11 is 0. The molecule has 0 radical (unpaired) electrons. The molecule has 1 rings (SSSR count). The van der Waals surface area contributed by atoms with Crippen LogP contribution in [0.25, 0.3) is 0 Å². The van der Waals surface area contributed by atoms with Crippen molar-refractivity contribution in [2.24, 2.45) is 5.92 Å². The Morgan fingerprint density at radius 2 is 1.78 bits per heavy atom. The van der Waals surface area contributed by atoms with Crippen LogP contribution in [-0.2, 0) is 11.3 Å². The first-order valence-electron chi connectivity index (χ1n) is 9.62. The van der Waals surface area contributed by atoms with E-state index in [0.717, 1.165) is 23.4 Å². The van der Waals surface area contributed by atoms with Crippen LogP contribution in [0, 0.1) is 5.92 Å². The molecule has 0 aliphatic heterocycles. The van der Waals surface area contributed by atoms with E-state index in [4.69, 9.17) is 0 Å². The number of urea groups is 1. The van der Waals surface area contributed by atoms with E-state index >= 15 is 0 Å². The Kier molecular flexibility index (Phi) is 8.13. The number of hydrogen-bond acceptors (Lipinski definition) is 3. The summed E-state index contributed by atoms with van der Waals surface area (Å²) in [4.78, 5) is 28.6. The number of rotatable bonds is 7. The molecular weight excluding hydrogens is 340 g/mol. The Morgan fingerprint density at radius 3 is 2.26 bits per heavy atom. The molecule has 2 N–H and O–H groups in total. The fourth-order valence-corrected chi connectivity index (χ4v) is 2.64. The average Bonchev–Trinajstić information content (AvgIpc) is 2.52. The number of nitrogens with one attached hydrogen (secondary N) is 2. The Morgan fingerprint density at radius 1 is 1.15 bits per heavy atom.